The van der Waals surface area contributed by atoms with Gasteiger partial charge in [0.15, 0.2) is 0 Å². The molecular formula is C6H9BrN2O2. The first kappa shape index (κ1) is 8.52. The molecule has 0 spiro atoms. The van der Waals surface area contributed by atoms with Gasteiger partial charge < -0.3 is 4.90 Å². The summed E-state index contributed by atoms with van der Waals surface area (Å²) in [4.78, 5) is 24.8. The Bertz CT molecular complexity index is 195. The molecule has 0 aromatic carbocycles. The highest BCUT2D eigenvalue weighted by atomic mass is 79.9. The molecule has 0 bridgehead atoms. The molecule has 0 atom stereocenters. The lowest BCUT2D eigenvalue weighted by Gasteiger charge is -2.11. The summed E-state index contributed by atoms with van der Waals surface area (Å²) in [6.45, 7) is 0.674. The van der Waals surface area contributed by atoms with Crippen molar-refractivity contribution in [2.75, 3.05) is 25.5 Å². The zero-order valence-corrected chi connectivity index (χ0v) is 7.80. The Morgan fingerprint density at radius 3 is 2.55 bits per heavy atom. The maximum atomic E-state index is 11.1. The molecule has 1 rings (SSSR count). The van der Waals surface area contributed by atoms with Crippen LogP contribution in [0.1, 0.15) is 0 Å². The van der Waals surface area contributed by atoms with Gasteiger partial charge in [-0.2, -0.15) is 0 Å². The Hall–Kier alpha value is -0.580. The lowest BCUT2D eigenvalue weighted by atomic mass is 10.5. The van der Waals surface area contributed by atoms with E-state index in [2.05, 4.69) is 15.9 Å². The number of rotatable bonds is 2. The van der Waals surface area contributed by atoms with Crippen molar-refractivity contribution in [2.24, 2.45) is 0 Å². The van der Waals surface area contributed by atoms with E-state index in [1.54, 1.807) is 7.05 Å². The lowest BCUT2D eigenvalue weighted by molar-refractivity contribution is -0.125. The smallest absolute Gasteiger partial charge is 0.318 e. The fourth-order valence-corrected chi connectivity index (χ4v) is 1.33. The fraction of sp³-hybridized carbons (Fsp3) is 0.667. The minimum atomic E-state index is -0.200. The zero-order chi connectivity index (χ0) is 8.43. The van der Waals surface area contributed by atoms with Gasteiger partial charge in [-0.15, -0.1) is 0 Å². The van der Waals surface area contributed by atoms with Crippen LogP contribution in [-0.4, -0.2) is 47.2 Å². The second-order valence-corrected chi connectivity index (χ2v) is 3.17. The summed E-state index contributed by atoms with van der Waals surface area (Å²) in [6, 6.07) is -0.200. The average Bonchev–Trinajstić information content (AvgIpc) is 2.17. The van der Waals surface area contributed by atoms with E-state index in [-0.39, 0.29) is 18.5 Å². The molecule has 1 aliphatic heterocycles. The molecule has 5 heteroatoms. The van der Waals surface area contributed by atoms with E-state index in [1.807, 2.05) is 0 Å². The summed E-state index contributed by atoms with van der Waals surface area (Å²) in [5.41, 5.74) is 0. The molecule has 62 valence electrons. The van der Waals surface area contributed by atoms with E-state index in [0.717, 1.165) is 0 Å². The Morgan fingerprint density at radius 1 is 1.55 bits per heavy atom. The molecule has 1 saturated heterocycles. The third-order valence-corrected chi connectivity index (χ3v) is 1.89. The molecule has 0 unspecified atom stereocenters. The highest BCUT2D eigenvalue weighted by molar-refractivity contribution is 9.09. The molecule has 0 aliphatic carbocycles. The molecule has 4 nitrogen and oxygen atoms in total. The van der Waals surface area contributed by atoms with Crippen LogP contribution < -0.4 is 0 Å². The summed E-state index contributed by atoms with van der Waals surface area (Å²) in [5, 5.41) is 0.637. The molecule has 0 aromatic heterocycles. The van der Waals surface area contributed by atoms with Gasteiger partial charge in [-0.1, -0.05) is 15.9 Å². The van der Waals surface area contributed by atoms with Crippen LogP contribution in [0.4, 0.5) is 4.79 Å². The second kappa shape index (κ2) is 3.21. The minimum Gasteiger partial charge on any atom is -0.318 e. The van der Waals surface area contributed by atoms with Crippen molar-refractivity contribution < 1.29 is 9.59 Å². The molecular weight excluding hydrogens is 212 g/mol. The van der Waals surface area contributed by atoms with Gasteiger partial charge in [0.1, 0.15) is 6.54 Å². The maximum Gasteiger partial charge on any atom is 0.326 e. The maximum absolute atomic E-state index is 11.1. The Labute approximate surface area is 73.3 Å². The van der Waals surface area contributed by atoms with Crippen molar-refractivity contribution in [1.82, 2.24) is 9.80 Å². The van der Waals surface area contributed by atoms with Crippen LogP contribution in [0.25, 0.3) is 0 Å². The van der Waals surface area contributed by atoms with Gasteiger partial charge in [0.25, 0.3) is 0 Å². The summed E-state index contributed by atoms with van der Waals surface area (Å²) in [5.74, 6) is -0.114. The van der Waals surface area contributed by atoms with Crippen molar-refractivity contribution in [3.05, 3.63) is 0 Å². The van der Waals surface area contributed by atoms with E-state index in [1.165, 1.54) is 9.80 Å². The standard InChI is InChI=1S/C6H9BrN2O2/c1-8-4-5(10)9(3-2-7)6(8)11/h2-4H2,1H3. The third kappa shape index (κ3) is 1.53. The SMILES string of the molecule is CN1CC(=O)N(CCBr)C1=O. The van der Waals surface area contributed by atoms with E-state index < -0.39 is 0 Å². The van der Waals surface area contributed by atoms with Gasteiger partial charge in [0.2, 0.25) is 5.91 Å². The van der Waals surface area contributed by atoms with Gasteiger partial charge in [0, 0.05) is 18.9 Å². The number of halogens is 1. The number of alkyl halides is 1. The monoisotopic (exact) mass is 220 g/mol. The Balaban J connectivity index is 2.64. The highest BCUT2D eigenvalue weighted by Crippen LogP contribution is 2.07. The third-order valence-electron chi connectivity index (χ3n) is 1.54. The number of nitrogens with zero attached hydrogens (tertiary/aromatic N) is 2. The van der Waals surface area contributed by atoms with Gasteiger partial charge in [-0.3, -0.25) is 9.69 Å². The fourth-order valence-electron chi connectivity index (χ4n) is 0.973. The predicted molar refractivity (Wildman–Crippen MR) is 43.5 cm³/mol. The molecule has 3 amide bonds. The van der Waals surface area contributed by atoms with Crippen LogP contribution in [0.3, 0.4) is 0 Å². The van der Waals surface area contributed by atoms with Crippen molar-refractivity contribution in [3.63, 3.8) is 0 Å². The summed E-state index contributed by atoms with van der Waals surface area (Å²) >= 11 is 3.17. The van der Waals surface area contributed by atoms with E-state index >= 15 is 0 Å². The molecule has 0 saturated carbocycles. The van der Waals surface area contributed by atoms with Crippen LogP contribution in [0.15, 0.2) is 0 Å². The van der Waals surface area contributed by atoms with Crippen molar-refractivity contribution in [1.29, 1.82) is 0 Å². The first-order chi connectivity index (χ1) is 5.16. The lowest BCUT2D eigenvalue weighted by Crippen LogP contribution is -2.33. The zero-order valence-electron chi connectivity index (χ0n) is 6.21. The normalized spacial score (nSPS) is 18.4. The van der Waals surface area contributed by atoms with Gasteiger partial charge in [0.05, 0.1) is 0 Å². The number of hydrogen-bond donors (Lipinski definition) is 0. The first-order valence-electron chi connectivity index (χ1n) is 3.28. The van der Waals surface area contributed by atoms with E-state index in [9.17, 15) is 9.59 Å². The predicted octanol–water partition coefficient (Wildman–Crippen LogP) is 0.275. The van der Waals surface area contributed by atoms with Gasteiger partial charge in [-0.25, -0.2) is 4.79 Å². The highest BCUT2D eigenvalue weighted by Gasteiger charge is 2.32. The second-order valence-electron chi connectivity index (χ2n) is 2.37. The van der Waals surface area contributed by atoms with E-state index in [0.29, 0.717) is 11.9 Å². The quantitative estimate of drug-likeness (QED) is 0.496. The topological polar surface area (TPSA) is 40.6 Å². The number of carbonyl (C=O) groups is 2. The largest absolute Gasteiger partial charge is 0.326 e. The molecule has 0 N–H and O–H groups in total. The van der Waals surface area contributed by atoms with E-state index in [4.69, 9.17) is 0 Å². The number of imide groups is 1. The van der Waals surface area contributed by atoms with Gasteiger partial charge in [-0.05, 0) is 0 Å². The molecule has 11 heavy (non-hydrogen) atoms. The molecule has 0 aromatic rings. The van der Waals surface area contributed by atoms with Gasteiger partial charge >= 0.3 is 6.03 Å². The van der Waals surface area contributed by atoms with Crippen molar-refractivity contribution in [2.45, 2.75) is 0 Å². The van der Waals surface area contributed by atoms with Crippen molar-refractivity contribution in [3.8, 4) is 0 Å². The van der Waals surface area contributed by atoms with Crippen LogP contribution in [0, 0.1) is 0 Å². The summed E-state index contributed by atoms with van der Waals surface area (Å²) in [7, 11) is 1.62. The van der Waals surface area contributed by atoms with Crippen molar-refractivity contribution >= 4 is 27.9 Å². The Kier molecular flexibility index (Phi) is 2.49. The average molecular weight is 221 g/mol. The number of hydrogen-bond acceptors (Lipinski definition) is 2. The van der Waals surface area contributed by atoms with Crippen LogP contribution in [-0.2, 0) is 4.79 Å². The molecule has 1 aliphatic rings. The molecule has 0 radical (unpaired) electrons. The molecule has 1 fully saturated rings. The molecule has 1 heterocycles. The number of urea groups is 1. The van der Waals surface area contributed by atoms with Crippen LogP contribution >= 0.6 is 15.9 Å². The van der Waals surface area contributed by atoms with Crippen LogP contribution in [0.2, 0.25) is 0 Å². The summed E-state index contributed by atoms with van der Waals surface area (Å²) < 4.78 is 0. The van der Waals surface area contributed by atoms with Crippen LogP contribution in [0.5, 0.6) is 0 Å². The minimum absolute atomic E-state index is 0.114. The Morgan fingerprint density at radius 2 is 2.18 bits per heavy atom. The number of likely N-dealkylation sites (N-methyl/N-ethyl adjacent to an activating group) is 1. The number of amides is 3. The number of carbonyl (C=O) groups excluding carboxylic acids is 2. The first-order valence-corrected chi connectivity index (χ1v) is 4.40. The summed E-state index contributed by atoms with van der Waals surface area (Å²) in [6.07, 6.45) is 0.